The molecule has 4 fully saturated rings. The molecule has 216 valence electrons. The van der Waals surface area contributed by atoms with Crippen LogP contribution in [0.3, 0.4) is 0 Å². The van der Waals surface area contributed by atoms with Crippen LogP contribution >= 0.6 is 0 Å². The van der Waals surface area contributed by atoms with Crippen molar-refractivity contribution in [3.63, 3.8) is 0 Å². The summed E-state index contributed by atoms with van der Waals surface area (Å²) in [6, 6.07) is 7.82. The molecule has 0 amide bonds. The van der Waals surface area contributed by atoms with Crippen molar-refractivity contribution < 1.29 is 39.2 Å². The Morgan fingerprint density at radius 3 is 2.00 bits per heavy atom. The molecular formula is C30H43NO8. The molecule has 4 N–H and O–H groups in total. The van der Waals surface area contributed by atoms with Crippen LogP contribution in [0.15, 0.2) is 36.4 Å². The van der Waals surface area contributed by atoms with Crippen molar-refractivity contribution in [1.29, 1.82) is 0 Å². The van der Waals surface area contributed by atoms with Crippen LogP contribution < -0.4 is 10.1 Å². The van der Waals surface area contributed by atoms with Crippen molar-refractivity contribution in [2.75, 3.05) is 19.8 Å². The first-order chi connectivity index (χ1) is 18.5. The first-order valence-electron chi connectivity index (χ1n) is 13.9. The van der Waals surface area contributed by atoms with Crippen molar-refractivity contribution in [3.05, 3.63) is 42.0 Å². The fourth-order valence-corrected chi connectivity index (χ4v) is 6.66. The maximum atomic E-state index is 12.3. The van der Waals surface area contributed by atoms with E-state index in [9.17, 15) is 19.5 Å². The SMILES string of the molecule is CC(C)NCC(O)COc1ccc(CC(=O)OCCC23CC4CC(CC(C4)C2)C3)cc1.O=C(O)/C=C/C(=O)O. The Morgan fingerprint density at radius 2 is 1.51 bits per heavy atom. The lowest BCUT2D eigenvalue weighted by Crippen LogP contribution is -2.46. The van der Waals surface area contributed by atoms with Crippen molar-refractivity contribution >= 4 is 17.9 Å². The lowest BCUT2D eigenvalue weighted by Gasteiger charge is -2.57. The van der Waals surface area contributed by atoms with Gasteiger partial charge >= 0.3 is 17.9 Å². The molecule has 1 aromatic carbocycles. The van der Waals surface area contributed by atoms with E-state index in [4.69, 9.17) is 19.7 Å². The molecule has 1 atom stereocenters. The van der Waals surface area contributed by atoms with Gasteiger partial charge in [0.15, 0.2) is 0 Å². The molecule has 0 aromatic heterocycles. The third kappa shape index (κ3) is 10.6. The van der Waals surface area contributed by atoms with Gasteiger partial charge in [-0.05, 0) is 85.8 Å². The number of ether oxygens (including phenoxy) is 2. The van der Waals surface area contributed by atoms with E-state index in [0.717, 1.165) is 29.7 Å². The first kappa shape index (κ1) is 30.6. The number of benzene rings is 1. The van der Waals surface area contributed by atoms with Crippen LogP contribution in [-0.4, -0.2) is 65.1 Å². The van der Waals surface area contributed by atoms with Crippen LogP contribution in [0, 0.1) is 23.2 Å². The zero-order chi connectivity index (χ0) is 28.4. The number of carboxylic acid groups (broad SMARTS) is 2. The summed E-state index contributed by atoms with van der Waals surface area (Å²) < 4.78 is 11.3. The maximum absolute atomic E-state index is 12.3. The molecule has 4 aliphatic carbocycles. The van der Waals surface area contributed by atoms with Gasteiger partial charge in [0, 0.05) is 24.7 Å². The van der Waals surface area contributed by atoms with Crippen LogP contribution in [0.1, 0.15) is 64.4 Å². The van der Waals surface area contributed by atoms with Gasteiger partial charge in [0.05, 0.1) is 13.0 Å². The number of carboxylic acids is 2. The Kier molecular flexibility index (Phi) is 11.4. The number of rotatable bonds is 13. The number of carbonyl (C=O) groups is 3. The third-order valence-corrected chi connectivity index (χ3v) is 7.90. The Hall–Kier alpha value is -2.91. The van der Waals surface area contributed by atoms with Gasteiger partial charge in [-0.1, -0.05) is 26.0 Å². The second-order valence-corrected chi connectivity index (χ2v) is 11.7. The third-order valence-electron chi connectivity index (χ3n) is 7.90. The summed E-state index contributed by atoms with van der Waals surface area (Å²) in [6.45, 7) is 5.39. The fraction of sp³-hybridized carbons (Fsp3) is 0.633. The Bertz CT molecular complexity index is 936. The van der Waals surface area contributed by atoms with Crippen LogP contribution in [0.5, 0.6) is 5.75 Å². The van der Waals surface area contributed by atoms with Gasteiger partial charge in [0.25, 0.3) is 0 Å². The smallest absolute Gasteiger partial charge is 0.328 e. The number of hydrogen-bond donors (Lipinski definition) is 4. The van der Waals surface area contributed by atoms with Crippen molar-refractivity contribution in [3.8, 4) is 5.75 Å². The van der Waals surface area contributed by atoms with Gasteiger partial charge in [-0.25, -0.2) is 9.59 Å². The number of hydrogen-bond acceptors (Lipinski definition) is 7. The van der Waals surface area contributed by atoms with Crippen LogP contribution in [-0.2, 0) is 25.5 Å². The van der Waals surface area contributed by atoms with E-state index in [2.05, 4.69) is 5.32 Å². The minimum absolute atomic E-state index is 0.145. The Labute approximate surface area is 230 Å². The number of aliphatic hydroxyl groups excluding tert-OH is 1. The van der Waals surface area contributed by atoms with Gasteiger partial charge in [-0.15, -0.1) is 0 Å². The molecule has 0 spiro atoms. The maximum Gasteiger partial charge on any atom is 0.328 e. The van der Waals surface area contributed by atoms with E-state index in [1.807, 2.05) is 38.1 Å². The summed E-state index contributed by atoms with van der Waals surface area (Å²) >= 11 is 0. The molecule has 0 aliphatic heterocycles. The molecule has 9 heteroatoms. The van der Waals surface area contributed by atoms with Crippen LogP contribution in [0.25, 0.3) is 0 Å². The van der Waals surface area contributed by atoms with Crippen LogP contribution in [0.4, 0.5) is 0 Å². The standard InChI is InChI=1S/C26H39NO4.C4H4O4/c1-18(2)27-16-23(28)17-31-24-5-3-19(4-6-24)12-25(29)30-8-7-26-13-20-9-21(14-26)11-22(10-20)15-26;5-3(6)1-2-4(7)8/h3-6,18,20-23,27-28H,7-17H2,1-2H3;1-2H,(H,5,6)(H,7,8)/b;2-1+. The highest BCUT2D eigenvalue weighted by Gasteiger charge is 2.50. The average molecular weight is 546 g/mol. The molecule has 39 heavy (non-hydrogen) atoms. The number of aliphatic carboxylic acids is 2. The molecule has 0 heterocycles. The van der Waals surface area contributed by atoms with Gasteiger partial charge in [-0.2, -0.15) is 0 Å². The highest BCUT2D eigenvalue weighted by Crippen LogP contribution is 2.61. The predicted octanol–water partition coefficient (Wildman–Crippen LogP) is 3.83. The minimum Gasteiger partial charge on any atom is -0.491 e. The molecule has 0 radical (unpaired) electrons. The quantitative estimate of drug-likeness (QED) is 0.215. The number of nitrogens with one attached hydrogen (secondary N) is 1. The van der Waals surface area contributed by atoms with E-state index in [-0.39, 0.29) is 12.6 Å². The van der Waals surface area contributed by atoms with Gasteiger partial charge in [0.2, 0.25) is 0 Å². The molecule has 4 aliphatic rings. The normalized spacial score (nSPS) is 25.7. The van der Waals surface area contributed by atoms with Crippen molar-refractivity contribution in [1.82, 2.24) is 5.32 Å². The predicted molar refractivity (Wildman–Crippen MR) is 145 cm³/mol. The molecule has 1 unspecified atom stereocenters. The van der Waals surface area contributed by atoms with E-state index >= 15 is 0 Å². The van der Waals surface area contributed by atoms with E-state index in [1.165, 1.54) is 38.5 Å². The van der Waals surface area contributed by atoms with E-state index in [0.29, 0.717) is 48.9 Å². The zero-order valence-electron chi connectivity index (χ0n) is 23.0. The lowest BCUT2D eigenvalue weighted by atomic mass is 9.49. The summed E-state index contributed by atoms with van der Waals surface area (Å²) in [5.74, 6) is 0.858. The molecule has 9 nitrogen and oxygen atoms in total. The van der Waals surface area contributed by atoms with Crippen molar-refractivity contribution in [2.45, 2.75) is 77.4 Å². The van der Waals surface area contributed by atoms with Gasteiger partial charge in [-0.3, -0.25) is 4.79 Å². The first-order valence-corrected chi connectivity index (χ1v) is 13.9. The van der Waals surface area contributed by atoms with Gasteiger partial charge in [0.1, 0.15) is 18.5 Å². The molecule has 4 bridgehead atoms. The summed E-state index contributed by atoms with van der Waals surface area (Å²) in [4.78, 5) is 31.4. The number of esters is 1. The lowest BCUT2D eigenvalue weighted by molar-refractivity contribution is -0.145. The van der Waals surface area contributed by atoms with E-state index in [1.54, 1.807) is 0 Å². The highest BCUT2D eigenvalue weighted by molar-refractivity contribution is 5.89. The largest absolute Gasteiger partial charge is 0.491 e. The summed E-state index contributed by atoms with van der Waals surface area (Å²) in [7, 11) is 0. The second-order valence-electron chi connectivity index (χ2n) is 11.7. The molecule has 4 saturated carbocycles. The molecular weight excluding hydrogens is 502 g/mol. The summed E-state index contributed by atoms with van der Waals surface area (Å²) in [5.41, 5.74) is 1.39. The summed E-state index contributed by atoms with van der Waals surface area (Å²) in [5, 5.41) is 28.7. The monoisotopic (exact) mass is 545 g/mol. The Morgan fingerprint density at radius 1 is 0.974 bits per heavy atom. The number of carbonyl (C=O) groups excluding carboxylic acids is 1. The second kappa shape index (κ2) is 14.5. The molecule has 5 rings (SSSR count). The van der Waals surface area contributed by atoms with Crippen molar-refractivity contribution in [2.24, 2.45) is 23.2 Å². The average Bonchev–Trinajstić information content (AvgIpc) is 2.85. The summed E-state index contributed by atoms with van der Waals surface area (Å²) in [6.07, 6.45) is 10.3. The van der Waals surface area contributed by atoms with E-state index < -0.39 is 18.0 Å². The van der Waals surface area contributed by atoms with Crippen LogP contribution in [0.2, 0.25) is 0 Å². The highest BCUT2D eigenvalue weighted by atomic mass is 16.5. The fourth-order valence-electron chi connectivity index (χ4n) is 6.66. The number of aliphatic hydroxyl groups is 1. The Balaban J connectivity index is 0.000000459. The minimum atomic E-state index is -1.26. The topological polar surface area (TPSA) is 142 Å². The molecule has 0 saturated heterocycles. The molecule has 1 aromatic rings. The van der Waals surface area contributed by atoms with Gasteiger partial charge < -0.3 is 30.1 Å². The zero-order valence-corrected chi connectivity index (χ0v) is 23.0.